The number of hydrogen-bond donors (Lipinski definition) is 2. The molecule has 1 atom stereocenters. The summed E-state index contributed by atoms with van der Waals surface area (Å²) in [6.45, 7) is 5.33. The molecule has 0 bridgehead atoms. The molecule has 0 aliphatic carbocycles. The Morgan fingerprint density at radius 1 is 1.50 bits per heavy atom. The first-order valence-electron chi connectivity index (χ1n) is 6.17. The molecule has 1 amide bonds. The van der Waals surface area contributed by atoms with E-state index in [1.807, 2.05) is 13.8 Å². The van der Waals surface area contributed by atoms with E-state index in [2.05, 4.69) is 15.6 Å². The first kappa shape index (κ1) is 14.4. The van der Waals surface area contributed by atoms with Crippen molar-refractivity contribution in [2.24, 2.45) is 0 Å². The Kier molecular flexibility index (Phi) is 6.14. The molecule has 0 aliphatic rings. The molecule has 0 saturated heterocycles. The van der Waals surface area contributed by atoms with Crippen LogP contribution >= 0.6 is 0 Å². The number of ether oxygens (including phenoxy) is 1. The number of anilines is 1. The lowest BCUT2D eigenvalue weighted by Gasteiger charge is -2.11. The SMILES string of the molecule is CCC(C)NC(=O)c1ccc(NCCOC)nc1. The summed E-state index contributed by atoms with van der Waals surface area (Å²) in [5.74, 6) is 0.660. The molecule has 1 aromatic rings. The summed E-state index contributed by atoms with van der Waals surface area (Å²) in [6, 6.07) is 3.73. The predicted octanol–water partition coefficient (Wildman–Crippen LogP) is 1.67. The van der Waals surface area contributed by atoms with E-state index in [0.29, 0.717) is 18.7 Å². The van der Waals surface area contributed by atoms with Crippen molar-refractivity contribution in [3.8, 4) is 0 Å². The zero-order chi connectivity index (χ0) is 13.4. The molecule has 0 fully saturated rings. The summed E-state index contributed by atoms with van der Waals surface area (Å²) in [4.78, 5) is 16.0. The van der Waals surface area contributed by atoms with E-state index < -0.39 is 0 Å². The van der Waals surface area contributed by atoms with Gasteiger partial charge >= 0.3 is 0 Å². The van der Waals surface area contributed by atoms with E-state index >= 15 is 0 Å². The normalized spacial score (nSPS) is 11.9. The predicted molar refractivity (Wildman–Crippen MR) is 71.8 cm³/mol. The topological polar surface area (TPSA) is 63.2 Å². The standard InChI is InChI=1S/C13H21N3O2/c1-4-10(2)16-13(17)11-5-6-12(15-9-11)14-7-8-18-3/h5-6,9-10H,4,7-8H2,1-3H3,(H,14,15)(H,16,17). The van der Waals surface area contributed by atoms with Crippen molar-refractivity contribution < 1.29 is 9.53 Å². The molecule has 0 spiro atoms. The second kappa shape index (κ2) is 7.66. The monoisotopic (exact) mass is 251 g/mol. The maximum absolute atomic E-state index is 11.8. The van der Waals surface area contributed by atoms with Crippen molar-refractivity contribution in [2.75, 3.05) is 25.6 Å². The van der Waals surface area contributed by atoms with Gasteiger partial charge in [0.25, 0.3) is 5.91 Å². The number of nitrogens with one attached hydrogen (secondary N) is 2. The number of carbonyl (C=O) groups is 1. The van der Waals surface area contributed by atoms with Crippen molar-refractivity contribution in [3.05, 3.63) is 23.9 Å². The van der Waals surface area contributed by atoms with E-state index in [4.69, 9.17) is 4.74 Å². The summed E-state index contributed by atoms with van der Waals surface area (Å²) in [7, 11) is 1.65. The van der Waals surface area contributed by atoms with Crippen molar-refractivity contribution in [3.63, 3.8) is 0 Å². The van der Waals surface area contributed by atoms with Gasteiger partial charge in [0, 0.05) is 25.9 Å². The highest BCUT2D eigenvalue weighted by atomic mass is 16.5. The minimum atomic E-state index is -0.0831. The highest BCUT2D eigenvalue weighted by Gasteiger charge is 2.08. The van der Waals surface area contributed by atoms with Crippen LogP contribution in [-0.4, -0.2) is 37.2 Å². The molecule has 1 aromatic heterocycles. The number of hydrogen-bond acceptors (Lipinski definition) is 4. The third kappa shape index (κ3) is 4.71. The molecule has 100 valence electrons. The summed E-state index contributed by atoms with van der Waals surface area (Å²) >= 11 is 0. The van der Waals surface area contributed by atoms with Crippen LogP contribution < -0.4 is 10.6 Å². The Labute approximate surface area is 108 Å². The van der Waals surface area contributed by atoms with Crippen LogP contribution in [0.25, 0.3) is 0 Å². The molecule has 1 rings (SSSR count). The van der Waals surface area contributed by atoms with Crippen LogP contribution in [0.1, 0.15) is 30.6 Å². The van der Waals surface area contributed by atoms with Gasteiger partial charge in [-0.05, 0) is 25.5 Å². The van der Waals surface area contributed by atoms with Crippen molar-refractivity contribution in [2.45, 2.75) is 26.3 Å². The Hall–Kier alpha value is -1.62. The van der Waals surface area contributed by atoms with Gasteiger partial charge in [0.05, 0.1) is 12.2 Å². The van der Waals surface area contributed by atoms with Gasteiger partial charge in [-0.1, -0.05) is 6.92 Å². The fraction of sp³-hybridized carbons (Fsp3) is 0.538. The zero-order valence-electron chi connectivity index (χ0n) is 11.2. The lowest BCUT2D eigenvalue weighted by Crippen LogP contribution is -2.31. The van der Waals surface area contributed by atoms with Gasteiger partial charge in [0.1, 0.15) is 5.82 Å². The lowest BCUT2D eigenvalue weighted by molar-refractivity contribution is 0.0939. The molecule has 0 saturated carbocycles. The molecular weight excluding hydrogens is 230 g/mol. The quantitative estimate of drug-likeness (QED) is 0.724. The van der Waals surface area contributed by atoms with Gasteiger partial charge in [-0.3, -0.25) is 4.79 Å². The van der Waals surface area contributed by atoms with Crippen LogP contribution in [0.3, 0.4) is 0 Å². The largest absolute Gasteiger partial charge is 0.383 e. The van der Waals surface area contributed by atoms with E-state index in [0.717, 1.165) is 12.2 Å². The van der Waals surface area contributed by atoms with Gasteiger partial charge in [-0.25, -0.2) is 4.98 Å². The van der Waals surface area contributed by atoms with Gasteiger partial charge in [-0.2, -0.15) is 0 Å². The molecule has 0 aliphatic heterocycles. The van der Waals surface area contributed by atoms with E-state index in [1.165, 1.54) is 0 Å². The number of aromatic nitrogens is 1. The smallest absolute Gasteiger partial charge is 0.253 e. The maximum atomic E-state index is 11.8. The fourth-order valence-electron chi connectivity index (χ4n) is 1.32. The number of pyridine rings is 1. The Balaban J connectivity index is 2.51. The van der Waals surface area contributed by atoms with Crippen LogP contribution in [0.15, 0.2) is 18.3 Å². The number of carbonyl (C=O) groups excluding carboxylic acids is 1. The highest BCUT2D eigenvalue weighted by Crippen LogP contribution is 2.05. The van der Waals surface area contributed by atoms with Crippen molar-refractivity contribution >= 4 is 11.7 Å². The van der Waals surface area contributed by atoms with Gasteiger partial charge in [0.2, 0.25) is 0 Å². The zero-order valence-corrected chi connectivity index (χ0v) is 11.2. The minimum absolute atomic E-state index is 0.0831. The van der Waals surface area contributed by atoms with Crippen LogP contribution in [0, 0.1) is 0 Å². The number of rotatable bonds is 7. The molecule has 1 heterocycles. The Morgan fingerprint density at radius 2 is 2.28 bits per heavy atom. The molecule has 0 aromatic carbocycles. The van der Waals surface area contributed by atoms with Crippen molar-refractivity contribution in [1.29, 1.82) is 0 Å². The summed E-state index contributed by atoms with van der Waals surface area (Å²) < 4.78 is 4.93. The molecule has 0 radical (unpaired) electrons. The molecule has 5 nitrogen and oxygen atoms in total. The van der Waals surface area contributed by atoms with E-state index in [1.54, 1.807) is 25.4 Å². The van der Waals surface area contributed by atoms with Gasteiger partial charge < -0.3 is 15.4 Å². The number of amides is 1. The lowest BCUT2D eigenvalue weighted by atomic mass is 10.2. The fourth-order valence-corrected chi connectivity index (χ4v) is 1.32. The average molecular weight is 251 g/mol. The van der Waals surface area contributed by atoms with Gasteiger partial charge in [-0.15, -0.1) is 0 Å². The minimum Gasteiger partial charge on any atom is -0.383 e. The molecule has 2 N–H and O–H groups in total. The summed E-state index contributed by atoms with van der Waals surface area (Å²) in [5.41, 5.74) is 0.576. The molecular formula is C13H21N3O2. The third-order valence-electron chi connectivity index (χ3n) is 2.63. The second-order valence-electron chi connectivity index (χ2n) is 4.13. The molecule has 5 heteroatoms. The van der Waals surface area contributed by atoms with Gasteiger partial charge in [0.15, 0.2) is 0 Å². The highest BCUT2D eigenvalue weighted by molar-refractivity contribution is 5.94. The first-order valence-corrected chi connectivity index (χ1v) is 6.17. The average Bonchev–Trinajstić information content (AvgIpc) is 2.39. The van der Waals surface area contributed by atoms with Crippen LogP contribution in [0.4, 0.5) is 5.82 Å². The van der Waals surface area contributed by atoms with Crippen LogP contribution in [0.5, 0.6) is 0 Å². The number of nitrogens with zero attached hydrogens (tertiary/aromatic N) is 1. The van der Waals surface area contributed by atoms with E-state index in [9.17, 15) is 4.79 Å². The Morgan fingerprint density at radius 3 is 2.83 bits per heavy atom. The van der Waals surface area contributed by atoms with Crippen LogP contribution in [0.2, 0.25) is 0 Å². The summed E-state index contributed by atoms with van der Waals surface area (Å²) in [5, 5.41) is 5.99. The van der Waals surface area contributed by atoms with E-state index in [-0.39, 0.29) is 11.9 Å². The van der Waals surface area contributed by atoms with Crippen molar-refractivity contribution in [1.82, 2.24) is 10.3 Å². The van der Waals surface area contributed by atoms with Crippen LogP contribution in [-0.2, 0) is 4.74 Å². The molecule has 1 unspecified atom stereocenters. The maximum Gasteiger partial charge on any atom is 0.253 e. The first-order chi connectivity index (χ1) is 8.67. The molecule has 18 heavy (non-hydrogen) atoms. The Bertz CT molecular complexity index is 365. The second-order valence-corrected chi connectivity index (χ2v) is 4.13. The summed E-state index contributed by atoms with van der Waals surface area (Å²) in [6.07, 6.45) is 2.49. The third-order valence-corrected chi connectivity index (χ3v) is 2.63. The number of methoxy groups -OCH3 is 1.